The summed E-state index contributed by atoms with van der Waals surface area (Å²) in [6, 6.07) is 0. The van der Waals surface area contributed by atoms with E-state index in [9.17, 15) is 5.11 Å². The van der Waals surface area contributed by atoms with Gasteiger partial charge in [-0.25, -0.2) is 9.69 Å². The van der Waals surface area contributed by atoms with Crippen LogP contribution in [0.15, 0.2) is 0 Å². The van der Waals surface area contributed by atoms with Crippen LogP contribution in [0.25, 0.3) is 9.69 Å². The van der Waals surface area contributed by atoms with Crippen molar-refractivity contribution in [2.75, 3.05) is 0 Å². The average Bonchev–Trinajstić information content (AvgIpc) is 2.16. The van der Waals surface area contributed by atoms with Crippen molar-refractivity contribution in [1.29, 1.82) is 0 Å². The van der Waals surface area contributed by atoms with E-state index in [1.54, 1.807) is 20.8 Å². The van der Waals surface area contributed by atoms with Crippen molar-refractivity contribution >= 4 is 11.4 Å². The van der Waals surface area contributed by atoms with Crippen LogP contribution in [0.3, 0.4) is 0 Å². The summed E-state index contributed by atoms with van der Waals surface area (Å²) < 4.78 is 0. The normalized spacial score (nSPS) is 9.21. The molecule has 3 heteroatoms. The van der Waals surface area contributed by atoms with Crippen LogP contribution in [0.1, 0.15) is 16.7 Å². The maximum Gasteiger partial charge on any atom is 0.186 e. The fourth-order valence-corrected chi connectivity index (χ4v) is 1.52. The Morgan fingerprint density at radius 2 is 1.21 bits per heavy atom. The van der Waals surface area contributed by atoms with Gasteiger partial charge in [-0.1, -0.05) is 6.92 Å². The second-order valence-electron chi connectivity index (χ2n) is 3.14. The van der Waals surface area contributed by atoms with Gasteiger partial charge in [-0.2, -0.15) is 0 Å². The zero-order chi connectivity index (χ0) is 10.9. The zero-order valence-electron chi connectivity index (χ0n) is 8.34. The highest BCUT2D eigenvalue weighted by Gasteiger charge is 2.15. The molecule has 1 rings (SSSR count). The molecule has 3 nitrogen and oxygen atoms in total. The van der Waals surface area contributed by atoms with Gasteiger partial charge in [0.1, 0.15) is 5.75 Å². The van der Waals surface area contributed by atoms with Crippen molar-refractivity contribution in [3.05, 3.63) is 39.5 Å². The van der Waals surface area contributed by atoms with Gasteiger partial charge in [0, 0.05) is 0 Å². The number of phenols is 1. The minimum Gasteiger partial charge on any atom is -0.510 e. The summed E-state index contributed by atoms with van der Waals surface area (Å²) in [5, 5.41) is 9.67. The second kappa shape index (κ2) is 3.40. The first-order valence-corrected chi connectivity index (χ1v) is 4.12. The number of rotatable bonds is 0. The van der Waals surface area contributed by atoms with Crippen LogP contribution in [-0.2, 0) is 0 Å². The Kier molecular flexibility index (Phi) is 2.45. The molecule has 1 N–H and O–H groups in total. The molecule has 0 atom stereocenters. The Morgan fingerprint density at radius 3 is 1.50 bits per heavy atom. The lowest BCUT2D eigenvalue weighted by atomic mass is 10.0. The lowest BCUT2D eigenvalue weighted by Crippen LogP contribution is -1.86. The van der Waals surface area contributed by atoms with Crippen LogP contribution >= 0.6 is 0 Å². The Bertz CT molecular complexity index is 435. The van der Waals surface area contributed by atoms with Crippen molar-refractivity contribution in [3.8, 4) is 5.75 Å². The highest BCUT2D eigenvalue weighted by molar-refractivity contribution is 5.77. The van der Waals surface area contributed by atoms with Crippen molar-refractivity contribution < 1.29 is 5.11 Å². The first-order chi connectivity index (χ1) is 6.54. The van der Waals surface area contributed by atoms with E-state index in [0.717, 1.165) is 0 Å². The third-order valence-corrected chi connectivity index (χ3v) is 2.35. The molecule has 0 aliphatic carbocycles. The molecule has 14 heavy (non-hydrogen) atoms. The summed E-state index contributed by atoms with van der Waals surface area (Å²) in [6.45, 7) is 19.1. The van der Waals surface area contributed by atoms with Crippen molar-refractivity contribution in [2.45, 2.75) is 20.8 Å². The summed E-state index contributed by atoms with van der Waals surface area (Å²) >= 11 is 0. The van der Waals surface area contributed by atoms with Gasteiger partial charge in [-0.15, -0.1) is 0 Å². The minimum atomic E-state index is 0.0626. The van der Waals surface area contributed by atoms with Gasteiger partial charge in [0.25, 0.3) is 0 Å². The first-order valence-electron chi connectivity index (χ1n) is 4.12. The van der Waals surface area contributed by atoms with E-state index in [0.29, 0.717) is 28.1 Å². The monoisotopic (exact) mass is 186 g/mol. The van der Waals surface area contributed by atoms with Gasteiger partial charge in [0.2, 0.25) is 0 Å². The fraction of sp³-hybridized carbons (Fsp3) is 0.273. The Balaban J connectivity index is 3.78. The number of nitrogens with zero attached hydrogens (tertiary/aromatic N) is 2. The number of aromatic hydroxyl groups is 1. The number of benzene rings is 1. The summed E-state index contributed by atoms with van der Waals surface area (Å²) in [7, 11) is 0. The number of hydrogen-bond donors (Lipinski definition) is 1. The van der Waals surface area contributed by atoms with E-state index in [1.807, 2.05) is 0 Å². The van der Waals surface area contributed by atoms with E-state index >= 15 is 0 Å². The third-order valence-electron chi connectivity index (χ3n) is 2.35. The standard InChI is InChI=1S/C11H10N2O/c1-6-9(12-4)7(2)11(14)8(3)10(6)13-5/h14H,1-3H3. The van der Waals surface area contributed by atoms with Crippen molar-refractivity contribution in [1.82, 2.24) is 0 Å². The molecule has 0 radical (unpaired) electrons. The molecule has 0 spiro atoms. The Labute approximate surface area is 83.3 Å². The molecule has 0 aliphatic rings. The maximum absolute atomic E-state index is 9.67. The first kappa shape index (κ1) is 10.1. The molecule has 0 bridgehead atoms. The summed E-state index contributed by atoms with van der Waals surface area (Å²) in [5.74, 6) is 0.0626. The Hall–Kier alpha value is -2.00. The predicted molar refractivity (Wildman–Crippen MR) is 54.8 cm³/mol. The van der Waals surface area contributed by atoms with Gasteiger partial charge >= 0.3 is 0 Å². The molecule has 0 aromatic heterocycles. The van der Waals surface area contributed by atoms with Crippen LogP contribution in [-0.4, -0.2) is 5.11 Å². The molecule has 1 aromatic carbocycles. The molecule has 0 heterocycles. The SMILES string of the molecule is [C-]#[N+]c1c(C)c(O)c(C)c([N+]#[C-])c1C. The van der Waals surface area contributed by atoms with Gasteiger partial charge in [0.05, 0.1) is 13.1 Å². The molecule has 0 saturated carbocycles. The van der Waals surface area contributed by atoms with Gasteiger partial charge < -0.3 is 5.11 Å². The smallest absolute Gasteiger partial charge is 0.186 e. The van der Waals surface area contributed by atoms with Crippen LogP contribution in [0, 0.1) is 33.9 Å². The van der Waals surface area contributed by atoms with Crippen molar-refractivity contribution in [3.63, 3.8) is 0 Å². The van der Waals surface area contributed by atoms with Gasteiger partial charge in [-0.05, 0) is 30.5 Å². The largest absolute Gasteiger partial charge is 0.510 e. The van der Waals surface area contributed by atoms with Crippen LogP contribution < -0.4 is 0 Å². The maximum atomic E-state index is 9.67. The van der Waals surface area contributed by atoms with Crippen LogP contribution in [0.4, 0.5) is 11.4 Å². The summed E-state index contributed by atoms with van der Waals surface area (Å²) in [5.41, 5.74) is 2.55. The zero-order valence-corrected chi connectivity index (χ0v) is 8.34. The average molecular weight is 186 g/mol. The molecule has 0 fully saturated rings. The second-order valence-corrected chi connectivity index (χ2v) is 3.14. The highest BCUT2D eigenvalue weighted by atomic mass is 16.3. The Morgan fingerprint density at radius 1 is 0.857 bits per heavy atom. The van der Waals surface area contributed by atoms with Crippen LogP contribution in [0.5, 0.6) is 5.75 Å². The molecule has 0 aliphatic heterocycles. The molecule has 0 amide bonds. The molecule has 70 valence electrons. The molecule has 0 unspecified atom stereocenters. The van der Waals surface area contributed by atoms with E-state index in [1.165, 1.54) is 0 Å². The van der Waals surface area contributed by atoms with E-state index < -0.39 is 0 Å². The topological polar surface area (TPSA) is 28.9 Å². The highest BCUT2D eigenvalue weighted by Crippen LogP contribution is 2.41. The van der Waals surface area contributed by atoms with Gasteiger partial charge in [0.15, 0.2) is 11.4 Å². The third kappa shape index (κ3) is 1.20. The summed E-state index contributed by atoms with van der Waals surface area (Å²) in [6.07, 6.45) is 0. The molecular weight excluding hydrogens is 176 g/mol. The fourth-order valence-electron chi connectivity index (χ4n) is 1.52. The number of phenolic OH excluding ortho intramolecular Hbond substituents is 1. The van der Waals surface area contributed by atoms with E-state index in [2.05, 4.69) is 9.69 Å². The quantitative estimate of drug-likeness (QED) is 0.618. The van der Waals surface area contributed by atoms with Gasteiger partial charge in [-0.3, -0.25) is 0 Å². The molecule has 0 saturated heterocycles. The van der Waals surface area contributed by atoms with Crippen molar-refractivity contribution in [2.24, 2.45) is 0 Å². The molecular formula is C11H10N2O. The number of hydrogen-bond acceptors (Lipinski definition) is 1. The van der Waals surface area contributed by atoms with E-state index in [4.69, 9.17) is 13.1 Å². The van der Waals surface area contributed by atoms with Crippen LogP contribution in [0.2, 0.25) is 0 Å². The lowest BCUT2D eigenvalue weighted by Gasteiger charge is -2.10. The minimum absolute atomic E-state index is 0.0626. The predicted octanol–water partition coefficient (Wildman–Crippen LogP) is 3.42. The summed E-state index contributed by atoms with van der Waals surface area (Å²) in [4.78, 5) is 6.65. The molecule has 1 aromatic rings. The lowest BCUT2D eigenvalue weighted by molar-refractivity contribution is 0.468. The van der Waals surface area contributed by atoms with E-state index in [-0.39, 0.29) is 5.75 Å².